The zero-order chi connectivity index (χ0) is 16.5. The molecule has 0 bridgehead atoms. The highest BCUT2D eigenvalue weighted by Crippen LogP contribution is 2.29. The topological polar surface area (TPSA) is 73.8 Å². The molecule has 124 valence electrons. The Labute approximate surface area is 141 Å². The Balaban J connectivity index is 1.73. The Morgan fingerprint density at radius 1 is 1.08 bits per heavy atom. The van der Waals surface area contributed by atoms with Crippen molar-refractivity contribution in [3.8, 4) is 11.4 Å². The van der Waals surface area contributed by atoms with Crippen LogP contribution in [0.5, 0.6) is 0 Å². The smallest absolute Gasteiger partial charge is 0.163 e. The van der Waals surface area contributed by atoms with Crippen molar-refractivity contribution in [2.75, 3.05) is 5.32 Å². The SMILES string of the molecule is Cc1c[nH]c2nc(-c3ccccc3)nc(NC3CCC(O)CC3)c12. The lowest BCUT2D eigenvalue weighted by Gasteiger charge is -2.27. The van der Waals surface area contributed by atoms with Crippen molar-refractivity contribution < 1.29 is 5.11 Å². The van der Waals surface area contributed by atoms with Crippen LogP contribution in [0.3, 0.4) is 0 Å². The summed E-state index contributed by atoms with van der Waals surface area (Å²) < 4.78 is 0. The maximum absolute atomic E-state index is 9.71. The van der Waals surface area contributed by atoms with Crippen molar-refractivity contribution in [1.82, 2.24) is 15.0 Å². The molecule has 2 aromatic heterocycles. The summed E-state index contributed by atoms with van der Waals surface area (Å²) in [6.07, 6.45) is 5.47. The van der Waals surface area contributed by atoms with Gasteiger partial charge in [0.25, 0.3) is 0 Å². The Hall–Kier alpha value is -2.40. The van der Waals surface area contributed by atoms with Gasteiger partial charge < -0.3 is 15.4 Å². The first-order valence-corrected chi connectivity index (χ1v) is 8.56. The van der Waals surface area contributed by atoms with Crippen LogP contribution in [-0.4, -0.2) is 32.2 Å². The molecule has 3 N–H and O–H groups in total. The standard InChI is InChI=1S/C19H22N4O/c1-12-11-20-18-16(12)19(21-14-7-9-15(24)10-8-14)23-17(22-18)13-5-3-2-4-6-13/h2-6,11,14-15,24H,7-10H2,1H3,(H2,20,21,22,23). The van der Waals surface area contributed by atoms with Gasteiger partial charge in [-0.3, -0.25) is 0 Å². The number of fused-ring (bicyclic) bond motifs is 1. The summed E-state index contributed by atoms with van der Waals surface area (Å²) in [5.74, 6) is 1.61. The van der Waals surface area contributed by atoms with Gasteiger partial charge >= 0.3 is 0 Å². The number of rotatable bonds is 3. The van der Waals surface area contributed by atoms with Crippen LogP contribution in [0.4, 0.5) is 5.82 Å². The Morgan fingerprint density at radius 3 is 2.58 bits per heavy atom. The second-order valence-corrected chi connectivity index (χ2v) is 6.61. The van der Waals surface area contributed by atoms with E-state index in [2.05, 4.69) is 22.2 Å². The highest BCUT2D eigenvalue weighted by molar-refractivity contribution is 5.91. The number of anilines is 1. The van der Waals surface area contributed by atoms with Gasteiger partial charge in [-0.15, -0.1) is 0 Å². The van der Waals surface area contributed by atoms with Gasteiger partial charge in [0, 0.05) is 17.8 Å². The molecular weight excluding hydrogens is 300 g/mol. The minimum Gasteiger partial charge on any atom is -0.393 e. The maximum atomic E-state index is 9.71. The molecule has 0 atom stereocenters. The highest BCUT2D eigenvalue weighted by atomic mass is 16.3. The zero-order valence-corrected chi connectivity index (χ0v) is 13.8. The van der Waals surface area contributed by atoms with Gasteiger partial charge in [-0.25, -0.2) is 9.97 Å². The van der Waals surface area contributed by atoms with Gasteiger partial charge in [0.05, 0.1) is 11.5 Å². The number of benzene rings is 1. The summed E-state index contributed by atoms with van der Waals surface area (Å²) in [4.78, 5) is 12.7. The summed E-state index contributed by atoms with van der Waals surface area (Å²) in [6.45, 7) is 2.07. The molecule has 5 heteroatoms. The van der Waals surface area contributed by atoms with E-state index >= 15 is 0 Å². The van der Waals surface area contributed by atoms with E-state index in [4.69, 9.17) is 4.98 Å². The third-order valence-corrected chi connectivity index (χ3v) is 4.80. The molecule has 1 aromatic carbocycles. The molecule has 5 nitrogen and oxygen atoms in total. The van der Waals surface area contributed by atoms with Gasteiger partial charge in [0.1, 0.15) is 11.5 Å². The number of aryl methyl sites for hydroxylation is 1. The van der Waals surface area contributed by atoms with Crippen LogP contribution in [0, 0.1) is 6.92 Å². The summed E-state index contributed by atoms with van der Waals surface area (Å²) >= 11 is 0. The number of hydrogen-bond acceptors (Lipinski definition) is 4. The van der Waals surface area contributed by atoms with Crippen molar-refractivity contribution in [3.05, 3.63) is 42.1 Å². The van der Waals surface area contributed by atoms with Crippen LogP contribution in [0.25, 0.3) is 22.4 Å². The van der Waals surface area contributed by atoms with Crippen molar-refractivity contribution in [1.29, 1.82) is 0 Å². The second kappa shape index (κ2) is 6.24. The van der Waals surface area contributed by atoms with Gasteiger partial charge in [0.15, 0.2) is 5.82 Å². The molecule has 0 spiro atoms. The normalized spacial score (nSPS) is 21.1. The Bertz CT molecular complexity index is 835. The maximum Gasteiger partial charge on any atom is 0.163 e. The van der Waals surface area contributed by atoms with Crippen molar-refractivity contribution in [3.63, 3.8) is 0 Å². The average molecular weight is 322 g/mol. The molecule has 0 saturated heterocycles. The molecule has 1 aliphatic rings. The number of nitrogens with one attached hydrogen (secondary N) is 2. The molecule has 3 aromatic rings. The number of hydrogen-bond donors (Lipinski definition) is 3. The van der Waals surface area contributed by atoms with E-state index in [9.17, 15) is 5.11 Å². The Kier molecular flexibility index (Phi) is 3.94. The van der Waals surface area contributed by atoms with E-state index < -0.39 is 0 Å². The molecule has 0 amide bonds. The number of H-pyrrole nitrogens is 1. The van der Waals surface area contributed by atoms with Gasteiger partial charge in [-0.2, -0.15) is 0 Å². The predicted octanol–water partition coefficient (Wildman–Crippen LogP) is 3.65. The van der Waals surface area contributed by atoms with Crippen LogP contribution in [0.2, 0.25) is 0 Å². The number of aromatic amines is 1. The molecule has 24 heavy (non-hydrogen) atoms. The fourth-order valence-electron chi connectivity index (χ4n) is 3.42. The molecule has 4 rings (SSSR count). The second-order valence-electron chi connectivity index (χ2n) is 6.61. The number of aliphatic hydroxyl groups excluding tert-OH is 1. The highest BCUT2D eigenvalue weighted by Gasteiger charge is 2.21. The van der Waals surface area contributed by atoms with E-state index in [1.54, 1.807) is 0 Å². The third kappa shape index (κ3) is 2.87. The zero-order valence-electron chi connectivity index (χ0n) is 13.8. The van der Waals surface area contributed by atoms with Crippen LogP contribution in [0.15, 0.2) is 36.5 Å². The molecule has 1 fully saturated rings. The molecule has 0 unspecified atom stereocenters. The first-order valence-electron chi connectivity index (χ1n) is 8.56. The van der Waals surface area contributed by atoms with E-state index in [0.29, 0.717) is 6.04 Å². The molecule has 0 radical (unpaired) electrons. The van der Waals surface area contributed by atoms with Crippen LogP contribution in [-0.2, 0) is 0 Å². The molecule has 2 heterocycles. The first-order chi connectivity index (χ1) is 11.7. The lowest BCUT2D eigenvalue weighted by molar-refractivity contribution is 0.126. The van der Waals surface area contributed by atoms with Crippen LogP contribution in [0.1, 0.15) is 31.2 Å². The van der Waals surface area contributed by atoms with Crippen LogP contribution < -0.4 is 5.32 Å². The quantitative estimate of drug-likeness (QED) is 0.688. The van der Waals surface area contributed by atoms with Crippen molar-refractivity contribution >= 4 is 16.9 Å². The minimum atomic E-state index is -0.151. The molecular formula is C19H22N4O. The lowest BCUT2D eigenvalue weighted by atomic mass is 9.93. The first kappa shape index (κ1) is 15.1. The van der Waals surface area contributed by atoms with E-state index in [0.717, 1.165) is 59.5 Å². The number of nitrogens with zero attached hydrogens (tertiary/aromatic N) is 2. The Morgan fingerprint density at radius 2 is 1.83 bits per heavy atom. The monoisotopic (exact) mass is 322 g/mol. The van der Waals surface area contributed by atoms with E-state index in [1.165, 1.54) is 0 Å². The van der Waals surface area contributed by atoms with Gasteiger partial charge in [0.2, 0.25) is 0 Å². The number of aliphatic hydroxyl groups is 1. The average Bonchev–Trinajstić information content (AvgIpc) is 2.99. The van der Waals surface area contributed by atoms with Crippen molar-refractivity contribution in [2.24, 2.45) is 0 Å². The molecule has 1 aliphatic carbocycles. The lowest BCUT2D eigenvalue weighted by Crippen LogP contribution is -2.28. The minimum absolute atomic E-state index is 0.151. The fraction of sp³-hybridized carbons (Fsp3) is 0.368. The van der Waals surface area contributed by atoms with Gasteiger partial charge in [-0.1, -0.05) is 30.3 Å². The fourth-order valence-corrected chi connectivity index (χ4v) is 3.42. The van der Waals surface area contributed by atoms with Gasteiger partial charge in [-0.05, 0) is 38.2 Å². The largest absolute Gasteiger partial charge is 0.393 e. The predicted molar refractivity (Wildman–Crippen MR) is 95.9 cm³/mol. The van der Waals surface area contributed by atoms with E-state index in [1.807, 2.05) is 36.5 Å². The molecule has 1 saturated carbocycles. The van der Waals surface area contributed by atoms with E-state index in [-0.39, 0.29) is 6.10 Å². The number of aromatic nitrogens is 3. The summed E-state index contributed by atoms with van der Waals surface area (Å²) in [5.41, 5.74) is 3.01. The van der Waals surface area contributed by atoms with Crippen LogP contribution >= 0.6 is 0 Å². The summed E-state index contributed by atoms with van der Waals surface area (Å²) in [5, 5.41) is 14.4. The summed E-state index contributed by atoms with van der Waals surface area (Å²) in [7, 11) is 0. The van der Waals surface area contributed by atoms with Crippen molar-refractivity contribution in [2.45, 2.75) is 44.8 Å². The molecule has 0 aliphatic heterocycles. The third-order valence-electron chi connectivity index (χ3n) is 4.80. The summed E-state index contributed by atoms with van der Waals surface area (Å²) in [6, 6.07) is 10.4.